The fourth-order valence-corrected chi connectivity index (χ4v) is 2.52. The number of non-ortho nitro benzene ring substituents is 2. The molecule has 0 fully saturated rings. The molecule has 0 aliphatic carbocycles. The molecule has 1 N–H and O–H groups in total. The van der Waals surface area contributed by atoms with E-state index in [9.17, 15) is 29.8 Å². The van der Waals surface area contributed by atoms with Crippen LogP contribution in [0, 0.1) is 31.6 Å². The lowest BCUT2D eigenvalue weighted by atomic mass is 10.1. The number of ether oxygens (including phenoxy) is 2. The number of hydrogen-bond donors (Lipinski definition) is 1. The van der Waals surface area contributed by atoms with Gasteiger partial charge in [0, 0.05) is 42.4 Å². The first-order valence-corrected chi connectivity index (χ1v) is 9.86. The monoisotopic (exact) mass is 498 g/mol. The number of rotatable bonds is 6. The van der Waals surface area contributed by atoms with Gasteiger partial charge < -0.3 is 14.8 Å². The molecule has 0 bridgehead atoms. The zero-order valence-electron chi connectivity index (χ0n) is 17.6. The second-order valence-corrected chi connectivity index (χ2v) is 6.71. The van der Waals surface area contributed by atoms with E-state index in [0.29, 0.717) is 5.56 Å². The van der Waals surface area contributed by atoms with Crippen molar-refractivity contribution in [3.63, 3.8) is 0 Å². The maximum atomic E-state index is 11.6. The van der Waals surface area contributed by atoms with Gasteiger partial charge >= 0.3 is 11.5 Å². The molecule has 3 aromatic rings. The van der Waals surface area contributed by atoms with E-state index in [4.69, 9.17) is 21.6 Å². The molecule has 0 aromatic heterocycles. The number of amides is 1. The summed E-state index contributed by atoms with van der Waals surface area (Å²) >= 11 is 4.92. The zero-order chi connectivity index (χ0) is 25.8. The van der Waals surface area contributed by atoms with E-state index in [1.54, 1.807) is 24.3 Å². The predicted octanol–water partition coefficient (Wildman–Crippen LogP) is 5.09. The molecule has 0 spiro atoms. The van der Waals surface area contributed by atoms with Gasteiger partial charge in [-0.15, -0.1) is 0 Å². The number of benzene rings is 3. The topological polar surface area (TPSA) is 175 Å². The summed E-state index contributed by atoms with van der Waals surface area (Å²) < 4.78 is 9.44. The molecule has 0 aliphatic rings. The first-order chi connectivity index (χ1) is 16.7. The maximum absolute atomic E-state index is 11.6. The van der Waals surface area contributed by atoms with Crippen LogP contribution < -0.4 is 14.8 Å². The molecule has 3 aromatic carbocycles. The van der Waals surface area contributed by atoms with Gasteiger partial charge in [0.15, 0.2) is 0 Å². The molecule has 0 unspecified atom stereocenters. The van der Waals surface area contributed by atoms with Crippen molar-refractivity contribution in [1.82, 2.24) is 5.32 Å². The van der Waals surface area contributed by atoms with E-state index in [-0.39, 0.29) is 29.4 Å². The molecule has 12 nitrogen and oxygen atoms in total. The van der Waals surface area contributed by atoms with Crippen LogP contribution in [-0.2, 0) is 6.54 Å². The Bertz CT molecular complexity index is 1260. The number of hydrogen-bond acceptors (Lipinski definition) is 9. The van der Waals surface area contributed by atoms with Crippen molar-refractivity contribution in [2.24, 2.45) is 0 Å². The highest BCUT2D eigenvalue weighted by atomic mass is 35.5. The van der Waals surface area contributed by atoms with Crippen LogP contribution in [0.1, 0.15) is 11.1 Å². The minimum atomic E-state index is -0.978. The summed E-state index contributed by atoms with van der Waals surface area (Å²) in [6.45, 7) is 0.210. The second-order valence-electron chi connectivity index (χ2n) is 6.40. The largest absolute Gasteiger partial charge is 0.414 e. The number of carbonyl (C=O) groups is 2. The summed E-state index contributed by atoms with van der Waals surface area (Å²) in [5, 5.41) is 32.0. The maximum Gasteiger partial charge on any atom is 0.412 e. The lowest BCUT2D eigenvalue weighted by Crippen LogP contribution is -2.26. The van der Waals surface area contributed by atoms with Crippen LogP contribution in [0.25, 0.3) is 0 Å². The third-order valence-corrected chi connectivity index (χ3v) is 4.07. The fraction of sp³-hybridized carbons (Fsp3) is 0.0455. The molecular weight excluding hydrogens is 484 g/mol. The zero-order valence-corrected chi connectivity index (χ0v) is 18.4. The van der Waals surface area contributed by atoms with Gasteiger partial charge in [-0.05, 0) is 42.0 Å². The Morgan fingerprint density at radius 2 is 1.40 bits per heavy atom. The molecule has 178 valence electrons. The summed E-state index contributed by atoms with van der Waals surface area (Å²) in [4.78, 5) is 41.5. The molecule has 0 atom stereocenters. The van der Waals surface area contributed by atoms with Crippen LogP contribution in [0.15, 0.2) is 72.8 Å². The summed E-state index contributed by atoms with van der Waals surface area (Å²) in [6.07, 6.45) is -0.684. The van der Waals surface area contributed by atoms with Gasteiger partial charge in [0.1, 0.15) is 11.5 Å². The SMILES string of the molecule is N#Cc1cccc(CNC(=O)Oc2ccc([N+](=O)[O-])cc2)c1.O=C(Cl)Oc1ccc([N+](=O)[O-])cc1. The Balaban J connectivity index is 0.000000283. The van der Waals surface area contributed by atoms with Gasteiger partial charge in [-0.3, -0.25) is 20.2 Å². The number of nitriles is 1. The second kappa shape index (κ2) is 12.9. The highest BCUT2D eigenvalue weighted by Crippen LogP contribution is 2.18. The summed E-state index contributed by atoms with van der Waals surface area (Å²) in [5.41, 5.74) is 0.132. The Labute approximate surface area is 202 Å². The van der Waals surface area contributed by atoms with Crippen LogP contribution >= 0.6 is 11.6 Å². The molecule has 3 rings (SSSR count). The van der Waals surface area contributed by atoms with Gasteiger partial charge in [-0.2, -0.15) is 5.26 Å². The number of halogens is 1. The van der Waals surface area contributed by atoms with E-state index in [1.165, 1.54) is 48.5 Å². The number of nitrogens with zero attached hydrogens (tertiary/aromatic N) is 3. The number of nitro groups is 2. The summed E-state index contributed by atoms with van der Waals surface area (Å²) in [5.74, 6) is 0.375. The molecule has 0 radical (unpaired) electrons. The first-order valence-electron chi connectivity index (χ1n) is 9.49. The highest BCUT2D eigenvalue weighted by Gasteiger charge is 2.08. The Hall–Kier alpha value is -5.02. The lowest BCUT2D eigenvalue weighted by Gasteiger charge is -2.06. The van der Waals surface area contributed by atoms with Crippen molar-refractivity contribution in [2.75, 3.05) is 0 Å². The molecule has 13 heteroatoms. The van der Waals surface area contributed by atoms with Crippen molar-refractivity contribution in [2.45, 2.75) is 6.54 Å². The fourth-order valence-electron chi connectivity index (χ4n) is 2.43. The van der Waals surface area contributed by atoms with Crippen molar-refractivity contribution >= 4 is 34.5 Å². The van der Waals surface area contributed by atoms with Crippen LogP contribution in [0.2, 0.25) is 0 Å². The van der Waals surface area contributed by atoms with Crippen LogP contribution in [0.3, 0.4) is 0 Å². The third kappa shape index (κ3) is 9.16. The molecule has 1 amide bonds. The minimum Gasteiger partial charge on any atom is -0.414 e. The van der Waals surface area contributed by atoms with Crippen molar-refractivity contribution in [1.29, 1.82) is 5.26 Å². The summed E-state index contributed by atoms with van der Waals surface area (Å²) in [6, 6.07) is 19.0. The Morgan fingerprint density at radius 3 is 1.86 bits per heavy atom. The van der Waals surface area contributed by atoms with Gasteiger partial charge in [0.2, 0.25) is 0 Å². The van der Waals surface area contributed by atoms with Gasteiger partial charge in [0.05, 0.1) is 21.5 Å². The first kappa shape index (κ1) is 26.2. The molecule has 0 heterocycles. The standard InChI is InChI=1S/C15H11N3O4.C7H4ClNO4/c16-9-11-2-1-3-12(8-11)10-17-15(19)22-14-6-4-13(5-7-14)18(20)21;8-7(10)13-6-3-1-5(2-4-6)9(11)12/h1-8H,10H2,(H,17,19);1-4H. The van der Waals surface area contributed by atoms with Crippen LogP contribution in [-0.4, -0.2) is 21.4 Å². The highest BCUT2D eigenvalue weighted by molar-refractivity contribution is 6.61. The van der Waals surface area contributed by atoms with Gasteiger partial charge in [-0.25, -0.2) is 9.59 Å². The smallest absolute Gasteiger partial charge is 0.412 e. The van der Waals surface area contributed by atoms with Crippen molar-refractivity contribution < 1.29 is 28.9 Å². The number of nitrogens with one attached hydrogen (secondary N) is 1. The Morgan fingerprint density at radius 1 is 0.886 bits per heavy atom. The van der Waals surface area contributed by atoms with Crippen molar-refractivity contribution in [3.8, 4) is 17.6 Å². The number of carbonyl (C=O) groups excluding carboxylic acids is 2. The van der Waals surface area contributed by atoms with E-state index in [0.717, 1.165) is 5.56 Å². The van der Waals surface area contributed by atoms with Gasteiger partial charge in [0.25, 0.3) is 11.4 Å². The molecular formula is C22H15ClN4O8. The lowest BCUT2D eigenvalue weighted by molar-refractivity contribution is -0.385. The van der Waals surface area contributed by atoms with E-state index < -0.39 is 21.4 Å². The molecule has 0 saturated carbocycles. The quantitative estimate of drug-likeness (QED) is 0.275. The molecule has 0 aliphatic heterocycles. The van der Waals surface area contributed by atoms with Gasteiger partial charge in [-0.1, -0.05) is 12.1 Å². The normalized spacial score (nSPS) is 9.49. The summed E-state index contributed by atoms with van der Waals surface area (Å²) in [7, 11) is 0. The average Bonchev–Trinajstić information content (AvgIpc) is 2.83. The van der Waals surface area contributed by atoms with Crippen molar-refractivity contribution in [3.05, 3.63) is 104 Å². The Kier molecular flexibility index (Phi) is 9.65. The third-order valence-electron chi connectivity index (χ3n) is 4.00. The van der Waals surface area contributed by atoms with Crippen LogP contribution in [0.5, 0.6) is 11.5 Å². The van der Waals surface area contributed by atoms with E-state index in [1.807, 2.05) is 6.07 Å². The van der Waals surface area contributed by atoms with Crippen LogP contribution in [0.4, 0.5) is 21.0 Å². The van der Waals surface area contributed by atoms with E-state index >= 15 is 0 Å². The molecule has 35 heavy (non-hydrogen) atoms. The predicted molar refractivity (Wildman–Crippen MR) is 122 cm³/mol. The average molecular weight is 499 g/mol. The number of nitro benzene ring substituents is 2. The van der Waals surface area contributed by atoms with E-state index in [2.05, 4.69) is 10.1 Å². The molecule has 0 saturated heterocycles. The minimum absolute atomic E-state index is 0.0747.